The predicted molar refractivity (Wildman–Crippen MR) is 62.2 cm³/mol. The van der Waals surface area contributed by atoms with Crippen LogP contribution in [-0.2, 0) is 15.8 Å². The highest BCUT2D eigenvalue weighted by atomic mass is 19.4. The number of halogens is 3. The molecular weight excluding hydrogens is 279 g/mol. The summed E-state index contributed by atoms with van der Waals surface area (Å²) in [5.41, 5.74) is -0.809. The van der Waals surface area contributed by atoms with E-state index < -0.39 is 30.2 Å². The molecule has 5 nitrogen and oxygen atoms in total. The van der Waals surface area contributed by atoms with Gasteiger partial charge in [0, 0.05) is 6.54 Å². The Hall–Kier alpha value is -2.25. The number of hydrogen-bond acceptors (Lipinski definition) is 3. The summed E-state index contributed by atoms with van der Waals surface area (Å²) in [4.78, 5) is 21.4. The van der Waals surface area contributed by atoms with Crippen LogP contribution in [0.3, 0.4) is 0 Å². The molecular formula is C12H12F3NO4. The number of aliphatic carboxylic acids is 1. The smallest absolute Gasteiger partial charge is 0.416 e. The van der Waals surface area contributed by atoms with E-state index in [0.29, 0.717) is 0 Å². The number of carboxylic acid groups (broad SMARTS) is 1. The summed E-state index contributed by atoms with van der Waals surface area (Å²) in [5.74, 6) is -1.48. The molecule has 1 rings (SSSR count). The van der Waals surface area contributed by atoms with Gasteiger partial charge in [0.05, 0.1) is 12.0 Å². The van der Waals surface area contributed by atoms with Crippen molar-refractivity contribution in [2.75, 3.05) is 13.2 Å². The molecule has 110 valence electrons. The highest BCUT2D eigenvalue weighted by Crippen LogP contribution is 2.30. The number of ether oxygens (including phenoxy) is 1. The molecule has 0 unspecified atom stereocenters. The van der Waals surface area contributed by atoms with Crippen molar-refractivity contribution in [2.45, 2.75) is 12.6 Å². The van der Waals surface area contributed by atoms with Crippen LogP contribution in [0.5, 0.6) is 5.75 Å². The Balaban J connectivity index is 2.38. The normalized spacial score (nSPS) is 10.9. The lowest BCUT2D eigenvalue weighted by Crippen LogP contribution is -2.30. The molecule has 0 bridgehead atoms. The summed E-state index contributed by atoms with van der Waals surface area (Å²) >= 11 is 0. The number of nitrogens with one attached hydrogen (secondary N) is 1. The molecule has 0 atom stereocenters. The van der Waals surface area contributed by atoms with Gasteiger partial charge in [0.2, 0.25) is 0 Å². The van der Waals surface area contributed by atoms with Crippen LogP contribution in [0.1, 0.15) is 12.0 Å². The lowest BCUT2D eigenvalue weighted by Gasteiger charge is -2.09. The molecule has 0 saturated carbocycles. The SMILES string of the molecule is O=C(O)CCNC(=O)COc1ccc(C(F)(F)F)cc1. The van der Waals surface area contributed by atoms with Crippen LogP contribution >= 0.6 is 0 Å². The minimum absolute atomic E-state index is 0.0372. The Bertz CT molecular complexity index is 471. The molecule has 0 aliphatic heterocycles. The Labute approximate surface area is 112 Å². The second-order valence-corrected chi connectivity index (χ2v) is 3.80. The molecule has 0 aromatic heterocycles. The average molecular weight is 291 g/mol. The van der Waals surface area contributed by atoms with Gasteiger partial charge in [-0.25, -0.2) is 0 Å². The summed E-state index contributed by atoms with van der Waals surface area (Å²) in [7, 11) is 0. The maximum Gasteiger partial charge on any atom is 0.416 e. The minimum atomic E-state index is -4.42. The first-order chi connectivity index (χ1) is 9.29. The predicted octanol–water partition coefficient (Wildman–Crippen LogP) is 1.68. The molecule has 1 aromatic rings. The molecule has 1 amide bonds. The van der Waals surface area contributed by atoms with E-state index in [4.69, 9.17) is 9.84 Å². The third kappa shape index (κ3) is 5.59. The number of rotatable bonds is 6. The molecule has 0 aliphatic carbocycles. The number of carboxylic acids is 1. The maximum atomic E-state index is 12.3. The minimum Gasteiger partial charge on any atom is -0.484 e. The molecule has 0 fully saturated rings. The first-order valence-electron chi connectivity index (χ1n) is 5.57. The first-order valence-corrected chi connectivity index (χ1v) is 5.57. The third-order valence-corrected chi connectivity index (χ3v) is 2.21. The van der Waals surface area contributed by atoms with Crippen molar-refractivity contribution in [1.82, 2.24) is 5.32 Å². The number of amides is 1. The van der Waals surface area contributed by atoms with Crippen molar-refractivity contribution in [2.24, 2.45) is 0 Å². The fourth-order valence-electron chi connectivity index (χ4n) is 1.25. The number of alkyl halides is 3. The zero-order valence-electron chi connectivity index (χ0n) is 10.2. The Kier molecular flexibility index (Phi) is 5.36. The zero-order chi connectivity index (χ0) is 15.2. The van der Waals surface area contributed by atoms with Crippen LogP contribution in [0.25, 0.3) is 0 Å². The van der Waals surface area contributed by atoms with E-state index in [-0.39, 0.29) is 18.7 Å². The topological polar surface area (TPSA) is 75.6 Å². The molecule has 0 aliphatic rings. The van der Waals surface area contributed by atoms with Crippen molar-refractivity contribution in [3.63, 3.8) is 0 Å². The molecule has 1 aromatic carbocycles. The third-order valence-electron chi connectivity index (χ3n) is 2.21. The summed E-state index contributed by atoms with van der Waals surface area (Å²) < 4.78 is 41.8. The molecule has 0 radical (unpaired) electrons. The van der Waals surface area contributed by atoms with E-state index in [1.807, 2.05) is 0 Å². The number of benzene rings is 1. The van der Waals surface area contributed by atoms with Crippen molar-refractivity contribution in [3.8, 4) is 5.75 Å². The summed E-state index contributed by atoms with van der Waals surface area (Å²) in [6.45, 7) is -0.435. The number of carbonyl (C=O) groups is 2. The van der Waals surface area contributed by atoms with Gasteiger partial charge in [0.25, 0.3) is 5.91 Å². The molecule has 2 N–H and O–H groups in total. The highest BCUT2D eigenvalue weighted by molar-refractivity contribution is 5.78. The Morgan fingerprint density at radius 3 is 2.30 bits per heavy atom. The van der Waals surface area contributed by atoms with Crippen LogP contribution in [0.4, 0.5) is 13.2 Å². The molecule has 0 heterocycles. The van der Waals surface area contributed by atoms with Gasteiger partial charge in [-0.15, -0.1) is 0 Å². The van der Waals surface area contributed by atoms with Crippen LogP contribution in [0.15, 0.2) is 24.3 Å². The monoisotopic (exact) mass is 291 g/mol. The van der Waals surface area contributed by atoms with E-state index >= 15 is 0 Å². The first kappa shape index (κ1) is 15.8. The van der Waals surface area contributed by atoms with Crippen molar-refractivity contribution in [1.29, 1.82) is 0 Å². The van der Waals surface area contributed by atoms with Gasteiger partial charge in [-0.05, 0) is 24.3 Å². The highest BCUT2D eigenvalue weighted by Gasteiger charge is 2.30. The Morgan fingerprint density at radius 2 is 1.80 bits per heavy atom. The summed E-state index contributed by atoms with van der Waals surface area (Å²) in [5, 5.41) is 10.6. The van der Waals surface area contributed by atoms with Gasteiger partial charge >= 0.3 is 12.1 Å². The fraction of sp³-hybridized carbons (Fsp3) is 0.333. The summed E-state index contributed by atoms with van der Waals surface area (Å²) in [6.07, 6.45) is -4.64. The van der Waals surface area contributed by atoms with Crippen molar-refractivity contribution in [3.05, 3.63) is 29.8 Å². The van der Waals surface area contributed by atoms with Crippen LogP contribution in [-0.4, -0.2) is 30.1 Å². The zero-order valence-corrected chi connectivity index (χ0v) is 10.2. The van der Waals surface area contributed by atoms with Gasteiger partial charge in [0.1, 0.15) is 5.75 Å². The number of carbonyl (C=O) groups excluding carboxylic acids is 1. The van der Waals surface area contributed by atoms with Crippen LogP contribution in [0, 0.1) is 0 Å². The van der Waals surface area contributed by atoms with E-state index in [0.717, 1.165) is 24.3 Å². The van der Waals surface area contributed by atoms with Gasteiger partial charge in [-0.2, -0.15) is 13.2 Å². The van der Waals surface area contributed by atoms with E-state index in [1.54, 1.807) is 0 Å². The quantitative estimate of drug-likeness (QED) is 0.836. The molecule has 0 spiro atoms. The lowest BCUT2D eigenvalue weighted by atomic mass is 10.2. The second kappa shape index (κ2) is 6.78. The van der Waals surface area contributed by atoms with E-state index in [2.05, 4.69) is 5.32 Å². The van der Waals surface area contributed by atoms with Gasteiger partial charge < -0.3 is 15.2 Å². The maximum absolute atomic E-state index is 12.3. The summed E-state index contributed by atoms with van der Waals surface area (Å²) in [6, 6.07) is 3.90. The standard InChI is InChI=1S/C12H12F3NO4/c13-12(14,15)8-1-3-9(4-2-8)20-7-10(17)16-6-5-11(18)19/h1-4H,5-7H2,(H,16,17)(H,18,19). The van der Waals surface area contributed by atoms with Crippen molar-refractivity contribution < 1.29 is 32.6 Å². The average Bonchev–Trinajstić information content (AvgIpc) is 2.35. The van der Waals surface area contributed by atoms with Gasteiger partial charge in [-0.3, -0.25) is 9.59 Å². The fourth-order valence-corrected chi connectivity index (χ4v) is 1.25. The van der Waals surface area contributed by atoms with Crippen LogP contribution in [0.2, 0.25) is 0 Å². The van der Waals surface area contributed by atoms with Gasteiger partial charge in [0.15, 0.2) is 6.61 Å². The molecule has 0 saturated heterocycles. The molecule has 8 heteroatoms. The largest absolute Gasteiger partial charge is 0.484 e. The van der Waals surface area contributed by atoms with E-state index in [9.17, 15) is 22.8 Å². The lowest BCUT2D eigenvalue weighted by molar-refractivity contribution is -0.138. The van der Waals surface area contributed by atoms with Gasteiger partial charge in [-0.1, -0.05) is 0 Å². The molecule has 20 heavy (non-hydrogen) atoms. The van der Waals surface area contributed by atoms with Crippen molar-refractivity contribution >= 4 is 11.9 Å². The second-order valence-electron chi connectivity index (χ2n) is 3.80. The number of hydrogen-bond donors (Lipinski definition) is 2. The van der Waals surface area contributed by atoms with Crippen LogP contribution < -0.4 is 10.1 Å². The Morgan fingerprint density at radius 1 is 1.20 bits per heavy atom. The van der Waals surface area contributed by atoms with E-state index in [1.165, 1.54) is 0 Å².